The van der Waals surface area contributed by atoms with Crippen LogP contribution >= 0.6 is 0 Å². The first-order chi connectivity index (χ1) is 11.3. The van der Waals surface area contributed by atoms with Gasteiger partial charge < -0.3 is 16.0 Å². The standard InChI is InChI=1S/C13H21N5O5S/c1-2-15-7-8-17-13(19)5-6-16-11-4-3-10(24(14,22)23)9-12(11)18(20)21/h3-4,9,15-16H,2,5-8H2,1H3,(H,17,19)(H2,14,22,23). The van der Waals surface area contributed by atoms with Crippen LogP contribution in [0.5, 0.6) is 0 Å². The minimum atomic E-state index is -4.03. The van der Waals surface area contributed by atoms with Gasteiger partial charge in [0.05, 0.1) is 9.82 Å². The first kappa shape index (κ1) is 19.8. The van der Waals surface area contributed by atoms with Crippen LogP contribution in [0.15, 0.2) is 23.1 Å². The number of primary sulfonamides is 1. The van der Waals surface area contributed by atoms with Crippen molar-refractivity contribution >= 4 is 27.3 Å². The van der Waals surface area contributed by atoms with Crippen molar-refractivity contribution in [3.05, 3.63) is 28.3 Å². The summed E-state index contributed by atoms with van der Waals surface area (Å²) in [7, 11) is -4.03. The van der Waals surface area contributed by atoms with Gasteiger partial charge in [0.2, 0.25) is 15.9 Å². The van der Waals surface area contributed by atoms with Crippen LogP contribution in [-0.2, 0) is 14.8 Å². The number of benzene rings is 1. The monoisotopic (exact) mass is 359 g/mol. The highest BCUT2D eigenvalue weighted by Gasteiger charge is 2.18. The summed E-state index contributed by atoms with van der Waals surface area (Å²) >= 11 is 0. The summed E-state index contributed by atoms with van der Waals surface area (Å²) in [5.74, 6) is -0.191. The molecule has 0 aromatic heterocycles. The Morgan fingerprint density at radius 3 is 2.58 bits per heavy atom. The van der Waals surface area contributed by atoms with Gasteiger partial charge in [-0.05, 0) is 18.7 Å². The second kappa shape index (κ2) is 9.15. The van der Waals surface area contributed by atoms with E-state index in [4.69, 9.17) is 5.14 Å². The molecule has 0 spiro atoms. The molecule has 1 amide bonds. The summed E-state index contributed by atoms with van der Waals surface area (Å²) in [6.07, 6.45) is 0.125. The third kappa shape index (κ3) is 6.48. The maximum Gasteiger partial charge on any atom is 0.293 e. The number of amides is 1. The third-order valence-electron chi connectivity index (χ3n) is 3.04. The van der Waals surface area contributed by atoms with Crippen molar-refractivity contribution < 1.29 is 18.1 Å². The molecule has 0 aliphatic carbocycles. The van der Waals surface area contributed by atoms with Crippen LogP contribution in [0.4, 0.5) is 11.4 Å². The maximum atomic E-state index is 11.6. The van der Waals surface area contributed by atoms with Crippen molar-refractivity contribution in [2.45, 2.75) is 18.2 Å². The zero-order chi connectivity index (χ0) is 18.2. The fourth-order valence-electron chi connectivity index (χ4n) is 1.86. The number of nitrogens with zero attached hydrogens (tertiary/aromatic N) is 1. The van der Waals surface area contributed by atoms with Crippen LogP contribution in [-0.4, -0.2) is 45.4 Å². The van der Waals surface area contributed by atoms with Gasteiger partial charge in [-0.15, -0.1) is 0 Å². The summed E-state index contributed by atoms with van der Waals surface area (Å²) in [6.45, 7) is 4.10. The smallest absolute Gasteiger partial charge is 0.293 e. The zero-order valence-electron chi connectivity index (χ0n) is 13.2. The molecule has 11 heteroatoms. The highest BCUT2D eigenvalue weighted by atomic mass is 32.2. The van der Waals surface area contributed by atoms with E-state index >= 15 is 0 Å². The van der Waals surface area contributed by atoms with Crippen molar-refractivity contribution in [2.24, 2.45) is 5.14 Å². The van der Waals surface area contributed by atoms with E-state index in [-0.39, 0.29) is 29.5 Å². The van der Waals surface area contributed by atoms with E-state index in [1.165, 1.54) is 12.1 Å². The highest BCUT2D eigenvalue weighted by Crippen LogP contribution is 2.27. The van der Waals surface area contributed by atoms with Crippen LogP contribution in [0.25, 0.3) is 0 Å². The average molecular weight is 359 g/mol. The van der Waals surface area contributed by atoms with E-state index in [1.54, 1.807) is 0 Å². The summed E-state index contributed by atoms with van der Waals surface area (Å²) in [4.78, 5) is 21.6. The van der Waals surface area contributed by atoms with Crippen LogP contribution in [0.1, 0.15) is 13.3 Å². The summed E-state index contributed by atoms with van der Waals surface area (Å²) in [6, 6.07) is 3.30. The Hall–Kier alpha value is -2.24. The molecular formula is C13H21N5O5S. The summed E-state index contributed by atoms with van der Waals surface area (Å²) in [5, 5.41) is 24.5. The summed E-state index contributed by atoms with van der Waals surface area (Å²) in [5.41, 5.74) is -0.304. The number of anilines is 1. The lowest BCUT2D eigenvalue weighted by atomic mass is 10.2. The van der Waals surface area contributed by atoms with Gasteiger partial charge in [0.25, 0.3) is 5.69 Å². The van der Waals surface area contributed by atoms with Gasteiger partial charge in [-0.25, -0.2) is 13.6 Å². The Bertz CT molecular complexity index is 692. The second-order valence-electron chi connectivity index (χ2n) is 4.86. The van der Waals surface area contributed by atoms with Gasteiger partial charge in [-0.2, -0.15) is 0 Å². The van der Waals surface area contributed by atoms with Gasteiger partial charge in [0.1, 0.15) is 5.69 Å². The van der Waals surface area contributed by atoms with E-state index in [0.717, 1.165) is 12.6 Å². The molecule has 5 N–H and O–H groups in total. The number of carbonyl (C=O) groups is 1. The SMILES string of the molecule is CCNCCNC(=O)CCNc1ccc(S(N)(=O)=O)cc1[N+](=O)[O-]. The number of sulfonamides is 1. The molecule has 0 saturated heterocycles. The molecule has 1 rings (SSSR count). The number of nitrogens with two attached hydrogens (primary N) is 1. The Labute approximate surface area is 140 Å². The Morgan fingerprint density at radius 1 is 1.29 bits per heavy atom. The normalized spacial score (nSPS) is 11.1. The first-order valence-corrected chi connectivity index (χ1v) is 8.83. The predicted octanol–water partition coefficient (Wildman–Crippen LogP) is -0.230. The molecule has 1 aromatic carbocycles. The lowest BCUT2D eigenvalue weighted by molar-refractivity contribution is -0.384. The minimum Gasteiger partial charge on any atom is -0.379 e. The van der Waals surface area contributed by atoms with E-state index < -0.39 is 20.6 Å². The molecule has 0 atom stereocenters. The molecule has 24 heavy (non-hydrogen) atoms. The number of rotatable bonds is 10. The lowest BCUT2D eigenvalue weighted by Gasteiger charge is -2.09. The number of carbonyl (C=O) groups excluding carboxylic acids is 1. The van der Waals surface area contributed by atoms with E-state index in [2.05, 4.69) is 16.0 Å². The van der Waals surface area contributed by atoms with Gasteiger partial charge in [-0.3, -0.25) is 14.9 Å². The fraction of sp³-hybridized carbons (Fsp3) is 0.462. The van der Waals surface area contributed by atoms with Crippen LogP contribution in [0.3, 0.4) is 0 Å². The van der Waals surface area contributed by atoms with Crippen molar-refractivity contribution in [1.82, 2.24) is 10.6 Å². The molecule has 0 aliphatic rings. The second-order valence-corrected chi connectivity index (χ2v) is 6.42. The van der Waals surface area contributed by atoms with Crippen LogP contribution < -0.4 is 21.1 Å². The van der Waals surface area contributed by atoms with E-state index in [0.29, 0.717) is 13.1 Å². The van der Waals surface area contributed by atoms with Gasteiger partial charge >= 0.3 is 0 Å². The van der Waals surface area contributed by atoms with Gasteiger partial charge in [0.15, 0.2) is 0 Å². The van der Waals surface area contributed by atoms with Gasteiger partial charge in [0, 0.05) is 32.1 Å². The number of hydrogen-bond acceptors (Lipinski definition) is 7. The number of likely N-dealkylation sites (N-methyl/N-ethyl adjacent to an activating group) is 1. The number of nitrogens with one attached hydrogen (secondary N) is 3. The minimum absolute atomic E-state index is 0.118. The molecule has 10 nitrogen and oxygen atoms in total. The number of nitro groups is 1. The molecule has 0 bridgehead atoms. The Kier molecular flexibility index (Phi) is 7.55. The quantitative estimate of drug-likeness (QED) is 0.255. The number of nitro benzene ring substituents is 1. The predicted molar refractivity (Wildman–Crippen MR) is 89.1 cm³/mol. The van der Waals surface area contributed by atoms with Crippen LogP contribution in [0.2, 0.25) is 0 Å². The van der Waals surface area contributed by atoms with Crippen LogP contribution in [0, 0.1) is 10.1 Å². The van der Waals surface area contributed by atoms with Crippen molar-refractivity contribution in [3.8, 4) is 0 Å². The van der Waals surface area contributed by atoms with Crippen molar-refractivity contribution in [2.75, 3.05) is 31.5 Å². The number of hydrogen-bond donors (Lipinski definition) is 4. The maximum absolute atomic E-state index is 11.6. The molecule has 0 aliphatic heterocycles. The lowest BCUT2D eigenvalue weighted by Crippen LogP contribution is -2.32. The highest BCUT2D eigenvalue weighted by molar-refractivity contribution is 7.89. The molecule has 0 unspecified atom stereocenters. The average Bonchev–Trinajstić information content (AvgIpc) is 2.50. The molecule has 0 fully saturated rings. The van der Waals surface area contributed by atoms with Crippen molar-refractivity contribution in [3.63, 3.8) is 0 Å². The molecule has 134 valence electrons. The first-order valence-electron chi connectivity index (χ1n) is 7.28. The topological polar surface area (TPSA) is 156 Å². The largest absolute Gasteiger partial charge is 0.379 e. The fourth-order valence-corrected chi connectivity index (χ4v) is 2.39. The van der Waals surface area contributed by atoms with E-state index in [1.807, 2.05) is 6.92 Å². The molecular weight excluding hydrogens is 338 g/mol. The molecule has 0 saturated carbocycles. The zero-order valence-corrected chi connectivity index (χ0v) is 14.1. The molecule has 0 heterocycles. The Balaban J connectivity index is 2.62. The molecule has 1 aromatic rings. The molecule has 0 radical (unpaired) electrons. The van der Waals surface area contributed by atoms with E-state index in [9.17, 15) is 23.3 Å². The van der Waals surface area contributed by atoms with Crippen molar-refractivity contribution in [1.29, 1.82) is 0 Å². The Morgan fingerprint density at radius 2 is 2.00 bits per heavy atom. The summed E-state index contributed by atoms with van der Waals surface area (Å²) < 4.78 is 22.5. The third-order valence-corrected chi connectivity index (χ3v) is 3.95. The van der Waals surface area contributed by atoms with Gasteiger partial charge in [-0.1, -0.05) is 6.92 Å².